The predicted octanol–water partition coefficient (Wildman–Crippen LogP) is 2.82. The minimum absolute atomic E-state index is 2.81. The van der Waals surface area contributed by atoms with Crippen molar-refractivity contribution < 1.29 is 34.6 Å². The summed E-state index contributed by atoms with van der Waals surface area (Å²) in [6, 6.07) is 0. The minimum atomic E-state index is -6.92. The van der Waals surface area contributed by atoms with E-state index < -0.39 is 25.6 Å². The Morgan fingerprint density at radius 3 is 1.53 bits per heavy atom. The van der Waals surface area contributed by atoms with Gasteiger partial charge in [0, 0.05) is 0 Å². The second-order valence-electron chi connectivity index (χ2n) is 2.02. The SMILES string of the molecule is O=S(=O)(F)C(F)(F)C(F)(F)OC(Cl)(Cl)Cl. The maximum atomic E-state index is 12.3. The van der Waals surface area contributed by atoms with Crippen molar-refractivity contribution in [2.24, 2.45) is 0 Å². The van der Waals surface area contributed by atoms with E-state index in [1.165, 1.54) is 0 Å². The molecule has 0 aromatic rings. The van der Waals surface area contributed by atoms with Crippen LogP contribution < -0.4 is 0 Å². The summed E-state index contributed by atoms with van der Waals surface area (Å²) < 4.78 is 79.8. The first kappa shape index (κ1) is 15.4. The fraction of sp³-hybridized carbons (Fsp3) is 1.00. The van der Waals surface area contributed by atoms with Gasteiger partial charge >= 0.3 is 25.6 Å². The molecule has 15 heavy (non-hydrogen) atoms. The van der Waals surface area contributed by atoms with Gasteiger partial charge < -0.3 is 0 Å². The summed E-state index contributed by atoms with van der Waals surface area (Å²) >= 11 is 13.7. The van der Waals surface area contributed by atoms with Crippen molar-refractivity contribution in [2.45, 2.75) is 15.3 Å². The third kappa shape index (κ3) is 3.74. The number of hydrogen-bond acceptors (Lipinski definition) is 3. The van der Waals surface area contributed by atoms with Gasteiger partial charge in [-0.3, -0.25) is 4.74 Å². The van der Waals surface area contributed by atoms with Crippen LogP contribution in [0.25, 0.3) is 0 Å². The van der Waals surface area contributed by atoms with Crippen LogP contribution in [0.1, 0.15) is 0 Å². The van der Waals surface area contributed by atoms with Gasteiger partial charge in [0.05, 0.1) is 0 Å². The monoisotopic (exact) mass is 316 g/mol. The standard InChI is InChI=1S/C3Cl3F5O3S/c4-3(5,6)14-1(7,8)2(9,10)15(11,12)13. The molecule has 0 aliphatic carbocycles. The van der Waals surface area contributed by atoms with Gasteiger partial charge in [0.1, 0.15) is 0 Å². The van der Waals surface area contributed by atoms with E-state index in [1.807, 2.05) is 0 Å². The van der Waals surface area contributed by atoms with Crippen LogP contribution in [-0.2, 0) is 15.0 Å². The number of ether oxygens (including phenoxy) is 1. The molecule has 0 N–H and O–H groups in total. The lowest BCUT2D eigenvalue weighted by molar-refractivity contribution is -0.321. The van der Waals surface area contributed by atoms with Crippen molar-refractivity contribution in [3.8, 4) is 0 Å². The Morgan fingerprint density at radius 2 is 1.33 bits per heavy atom. The molecule has 0 aromatic heterocycles. The topological polar surface area (TPSA) is 43.4 Å². The van der Waals surface area contributed by atoms with Gasteiger partial charge in [0.25, 0.3) is 0 Å². The summed E-state index contributed by atoms with van der Waals surface area (Å²) in [6.45, 7) is 0. The van der Waals surface area contributed by atoms with Gasteiger partial charge in [-0.25, -0.2) is 0 Å². The number of rotatable bonds is 3. The molecule has 0 spiro atoms. The summed E-state index contributed by atoms with van der Waals surface area (Å²) in [5.41, 5.74) is 0. The van der Waals surface area contributed by atoms with Crippen molar-refractivity contribution in [3.05, 3.63) is 0 Å². The average molecular weight is 317 g/mol. The van der Waals surface area contributed by atoms with Gasteiger partial charge in [0.2, 0.25) is 0 Å². The van der Waals surface area contributed by atoms with Crippen LogP contribution >= 0.6 is 34.8 Å². The summed E-state index contributed by atoms with van der Waals surface area (Å²) in [4.78, 5) is 0. The lowest BCUT2D eigenvalue weighted by Crippen LogP contribution is -2.49. The number of hydrogen-bond donors (Lipinski definition) is 0. The first-order chi connectivity index (χ1) is 6.21. The van der Waals surface area contributed by atoms with Gasteiger partial charge in [-0.05, 0) is 0 Å². The smallest absolute Gasteiger partial charge is 0.264 e. The molecule has 0 saturated heterocycles. The fourth-order valence-electron chi connectivity index (χ4n) is 0.347. The van der Waals surface area contributed by atoms with Crippen LogP contribution in [0.15, 0.2) is 0 Å². The zero-order chi connectivity index (χ0) is 12.7. The molecule has 12 heteroatoms. The summed E-state index contributed by atoms with van der Waals surface area (Å²) in [5.74, 6) is 0. The Balaban J connectivity index is 5.21. The van der Waals surface area contributed by atoms with Crippen molar-refractivity contribution >= 4 is 45.0 Å². The van der Waals surface area contributed by atoms with Crippen LogP contribution in [0.5, 0.6) is 0 Å². The minimum Gasteiger partial charge on any atom is -0.264 e. The molecule has 0 fully saturated rings. The third-order valence-electron chi connectivity index (χ3n) is 0.889. The molecule has 0 heterocycles. The highest BCUT2D eigenvalue weighted by atomic mass is 35.6. The Kier molecular flexibility index (Phi) is 4.14. The third-order valence-corrected chi connectivity index (χ3v) is 1.97. The highest BCUT2D eigenvalue weighted by Crippen LogP contribution is 2.45. The van der Waals surface area contributed by atoms with Crippen molar-refractivity contribution in [1.82, 2.24) is 0 Å². The zero-order valence-corrected chi connectivity index (χ0v) is 9.24. The van der Waals surface area contributed by atoms with Crippen LogP contribution in [0.4, 0.5) is 21.4 Å². The van der Waals surface area contributed by atoms with Crippen LogP contribution in [0.2, 0.25) is 0 Å². The molecular formula is C3Cl3F5O3S. The molecule has 92 valence electrons. The van der Waals surface area contributed by atoms with Gasteiger partial charge in [-0.1, -0.05) is 38.7 Å². The van der Waals surface area contributed by atoms with E-state index >= 15 is 0 Å². The summed E-state index contributed by atoms with van der Waals surface area (Å²) in [7, 11) is -6.92. The zero-order valence-electron chi connectivity index (χ0n) is 6.16. The van der Waals surface area contributed by atoms with E-state index in [-0.39, 0.29) is 0 Å². The van der Waals surface area contributed by atoms with Crippen molar-refractivity contribution in [3.63, 3.8) is 0 Å². The first-order valence-electron chi connectivity index (χ1n) is 2.67. The Bertz CT molecular complexity index is 335. The molecule has 0 unspecified atom stereocenters. The molecular weight excluding hydrogens is 317 g/mol. The second-order valence-corrected chi connectivity index (χ2v) is 5.58. The highest BCUT2D eigenvalue weighted by Gasteiger charge is 2.70. The van der Waals surface area contributed by atoms with E-state index in [1.54, 1.807) is 0 Å². The molecule has 0 radical (unpaired) electrons. The fourth-order valence-corrected chi connectivity index (χ4v) is 0.963. The van der Waals surface area contributed by atoms with Crippen molar-refractivity contribution in [1.29, 1.82) is 0 Å². The summed E-state index contributed by atoms with van der Waals surface area (Å²) in [6.07, 6.45) is -5.83. The molecule has 0 aliphatic heterocycles. The molecule has 0 aliphatic rings. The molecule has 0 saturated carbocycles. The molecule has 0 rings (SSSR count). The van der Waals surface area contributed by atoms with E-state index in [0.717, 1.165) is 0 Å². The maximum absolute atomic E-state index is 12.3. The van der Waals surface area contributed by atoms with Crippen LogP contribution in [0.3, 0.4) is 0 Å². The molecule has 0 bridgehead atoms. The highest BCUT2D eigenvalue weighted by molar-refractivity contribution is 7.87. The molecule has 3 nitrogen and oxygen atoms in total. The van der Waals surface area contributed by atoms with E-state index in [0.29, 0.717) is 0 Å². The van der Waals surface area contributed by atoms with Gasteiger partial charge in [-0.2, -0.15) is 26.0 Å². The first-order valence-corrected chi connectivity index (χ1v) is 5.19. The van der Waals surface area contributed by atoms with Crippen LogP contribution in [0, 0.1) is 0 Å². The predicted molar refractivity (Wildman–Crippen MR) is 41.3 cm³/mol. The lowest BCUT2D eigenvalue weighted by atomic mass is 10.6. The average Bonchev–Trinajstić information content (AvgIpc) is 1.77. The molecule has 0 amide bonds. The van der Waals surface area contributed by atoms with Gasteiger partial charge in [0.15, 0.2) is 0 Å². The second kappa shape index (κ2) is 4.02. The van der Waals surface area contributed by atoms with Crippen molar-refractivity contribution in [2.75, 3.05) is 0 Å². The van der Waals surface area contributed by atoms with Gasteiger partial charge in [-0.15, -0.1) is 0 Å². The number of halogens is 8. The summed E-state index contributed by atoms with van der Waals surface area (Å²) in [5, 5.41) is -6.16. The Hall–Kier alpha value is 0.430. The molecule has 0 atom stereocenters. The normalized spacial score (nSPS) is 15.5. The van der Waals surface area contributed by atoms with E-state index in [4.69, 9.17) is 0 Å². The Morgan fingerprint density at radius 1 is 1.00 bits per heavy atom. The quantitative estimate of drug-likeness (QED) is 0.457. The Labute approximate surface area is 95.2 Å². The largest absolute Gasteiger partial charge is 0.464 e. The number of alkyl halides is 7. The lowest BCUT2D eigenvalue weighted by Gasteiger charge is -2.25. The van der Waals surface area contributed by atoms with E-state index in [2.05, 4.69) is 39.5 Å². The molecule has 0 aromatic carbocycles. The van der Waals surface area contributed by atoms with Crippen LogP contribution in [-0.4, -0.2) is 23.8 Å². The maximum Gasteiger partial charge on any atom is 0.464 e. The van der Waals surface area contributed by atoms with E-state index in [9.17, 15) is 29.9 Å².